The SMILES string of the molecule is CCCCc1nc2cc(Cl)cc(C(=O)O)c2n1Cc1ccc(C(=O)O)c(Cl)c1. The Labute approximate surface area is 171 Å². The van der Waals surface area contributed by atoms with Crippen LogP contribution in [0.5, 0.6) is 0 Å². The van der Waals surface area contributed by atoms with Crippen molar-refractivity contribution in [3.8, 4) is 0 Å². The quantitative estimate of drug-likeness (QED) is 0.552. The third kappa shape index (κ3) is 3.98. The maximum absolute atomic E-state index is 11.8. The monoisotopic (exact) mass is 420 g/mol. The Morgan fingerprint density at radius 3 is 2.39 bits per heavy atom. The first-order chi connectivity index (χ1) is 13.3. The molecule has 0 amide bonds. The number of aromatic carboxylic acids is 2. The zero-order valence-corrected chi connectivity index (χ0v) is 16.6. The molecule has 3 aromatic rings. The number of hydrogen-bond acceptors (Lipinski definition) is 3. The second kappa shape index (κ2) is 8.20. The van der Waals surface area contributed by atoms with Crippen molar-refractivity contribution in [3.05, 3.63) is 62.9 Å². The molecule has 8 heteroatoms. The van der Waals surface area contributed by atoms with Gasteiger partial charge in [-0.25, -0.2) is 14.6 Å². The molecule has 1 heterocycles. The van der Waals surface area contributed by atoms with Crippen LogP contribution in [-0.2, 0) is 13.0 Å². The molecule has 28 heavy (non-hydrogen) atoms. The number of aromatic nitrogens is 2. The molecule has 0 atom stereocenters. The number of rotatable bonds is 7. The van der Waals surface area contributed by atoms with E-state index < -0.39 is 11.9 Å². The number of hydrogen-bond donors (Lipinski definition) is 2. The molecule has 0 saturated carbocycles. The lowest BCUT2D eigenvalue weighted by Gasteiger charge is -2.12. The van der Waals surface area contributed by atoms with Gasteiger partial charge in [0.2, 0.25) is 0 Å². The average Bonchev–Trinajstić information content (AvgIpc) is 2.95. The minimum Gasteiger partial charge on any atom is -0.478 e. The molecule has 3 rings (SSSR count). The van der Waals surface area contributed by atoms with E-state index in [1.54, 1.807) is 18.2 Å². The summed E-state index contributed by atoms with van der Waals surface area (Å²) in [6.45, 7) is 2.38. The summed E-state index contributed by atoms with van der Waals surface area (Å²) in [5.74, 6) is -1.44. The third-order valence-electron chi connectivity index (χ3n) is 4.47. The molecule has 0 aliphatic rings. The predicted octanol–water partition coefficient (Wildman–Crippen LogP) is 5.13. The number of carboxylic acids is 2. The van der Waals surface area contributed by atoms with Gasteiger partial charge >= 0.3 is 11.9 Å². The van der Waals surface area contributed by atoms with Crippen LogP contribution in [0.2, 0.25) is 10.0 Å². The van der Waals surface area contributed by atoms with Crippen molar-refractivity contribution in [2.45, 2.75) is 32.7 Å². The summed E-state index contributed by atoms with van der Waals surface area (Å²) >= 11 is 12.2. The van der Waals surface area contributed by atoms with Crippen LogP contribution in [0.25, 0.3) is 11.0 Å². The smallest absolute Gasteiger partial charge is 0.337 e. The number of aryl methyl sites for hydroxylation is 1. The van der Waals surface area contributed by atoms with Crippen molar-refractivity contribution in [3.63, 3.8) is 0 Å². The fraction of sp³-hybridized carbons (Fsp3) is 0.250. The number of halogens is 2. The Balaban J connectivity index is 2.16. The summed E-state index contributed by atoms with van der Waals surface area (Å²) in [7, 11) is 0. The third-order valence-corrected chi connectivity index (χ3v) is 5.01. The molecule has 6 nitrogen and oxygen atoms in total. The number of unbranched alkanes of at least 4 members (excludes halogenated alkanes) is 1. The zero-order chi connectivity index (χ0) is 20.4. The van der Waals surface area contributed by atoms with Crippen LogP contribution in [0, 0.1) is 0 Å². The van der Waals surface area contributed by atoms with Gasteiger partial charge in [0.05, 0.1) is 27.2 Å². The number of carboxylic acid groups (broad SMARTS) is 2. The molecule has 2 N–H and O–H groups in total. The highest BCUT2D eigenvalue weighted by atomic mass is 35.5. The van der Waals surface area contributed by atoms with Gasteiger partial charge in [-0.3, -0.25) is 0 Å². The molecule has 0 bridgehead atoms. The first-order valence-corrected chi connectivity index (χ1v) is 9.51. The summed E-state index contributed by atoms with van der Waals surface area (Å²) in [6.07, 6.45) is 2.55. The fourth-order valence-corrected chi connectivity index (χ4v) is 3.65. The van der Waals surface area contributed by atoms with Gasteiger partial charge in [-0.2, -0.15) is 0 Å². The molecule has 0 spiro atoms. The molecule has 0 aliphatic heterocycles. The Hall–Kier alpha value is -2.57. The van der Waals surface area contributed by atoms with Crippen LogP contribution in [0.4, 0.5) is 0 Å². The molecule has 2 aromatic carbocycles. The number of imidazole rings is 1. The second-order valence-electron chi connectivity index (χ2n) is 6.46. The van der Waals surface area contributed by atoms with Crippen molar-refractivity contribution < 1.29 is 19.8 Å². The summed E-state index contributed by atoms with van der Waals surface area (Å²) in [4.78, 5) is 27.6. The van der Waals surface area contributed by atoms with E-state index in [2.05, 4.69) is 11.9 Å². The van der Waals surface area contributed by atoms with Gasteiger partial charge in [0, 0.05) is 18.0 Å². The van der Waals surface area contributed by atoms with E-state index in [9.17, 15) is 14.7 Å². The zero-order valence-electron chi connectivity index (χ0n) is 15.1. The Bertz CT molecular complexity index is 1080. The normalized spacial score (nSPS) is 11.1. The molecule has 0 unspecified atom stereocenters. The lowest BCUT2D eigenvalue weighted by molar-refractivity contribution is 0.0687. The van der Waals surface area contributed by atoms with E-state index in [0.29, 0.717) is 29.0 Å². The summed E-state index contributed by atoms with van der Waals surface area (Å²) in [5.41, 5.74) is 1.85. The van der Waals surface area contributed by atoms with E-state index >= 15 is 0 Å². The van der Waals surface area contributed by atoms with Gasteiger partial charge in [0.25, 0.3) is 0 Å². The van der Waals surface area contributed by atoms with Crippen molar-refractivity contribution in [1.82, 2.24) is 9.55 Å². The lowest BCUT2D eigenvalue weighted by atomic mass is 10.1. The molecular weight excluding hydrogens is 403 g/mol. The molecule has 146 valence electrons. The van der Waals surface area contributed by atoms with Gasteiger partial charge in [-0.1, -0.05) is 42.6 Å². The van der Waals surface area contributed by atoms with Crippen LogP contribution < -0.4 is 0 Å². The molecular formula is C20H18Cl2N2O4. The highest BCUT2D eigenvalue weighted by molar-refractivity contribution is 6.33. The first-order valence-electron chi connectivity index (χ1n) is 8.75. The highest BCUT2D eigenvalue weighted by Crippen LogP contribution is 2.28. The van der Waals surface area contributed by atoms with Crippen molar-refractivity contribution >= 4 is 46.2 Å². The summed E-state index contributed by atoms with van der Waals surface area (Å²) in [5, 5.41) is 19.2. The van der Waals surface area contributed by atoms with E-state index in [1.165, 1.54) is 12.1 Å². The van der Waals surface area contributed by atoms with E-state index in [-0.39, 0.29) is 16.1 Å². The first kappa shape index (κ1) is 20.2. The van der Waals surface area contributed by atoms with E-state index in [4.69, 9.17) is 28.3 Å². The number of nitrogens with zero attached hydrogens (tertiary/aromatic N) is 2. The van der Waals surface area contributed by atoms with Crippen LogP contribution in [0.1, 0.15) is 51.9 Å². The van der Waals surface area contributed by atoms with Crippen molar-refractivity contribution in [1.29, 1.82) is 0 Å². The van der Waals surface area contributed by atoms with E-state index in [0.717, 1.165) is 24.2 Å². The molecule has 0 saturated heterocycles. The second-order valence-corrected chi connectivity index (χ2v) is 7.31. The standard InChI is InChI=1S/C20H18Cl2N2O4/c1-2-3-4-17-23-16-9-12(21)8-14(20(27)28)18(16)24(17)10-11-5-6-13(19(25)26)15(22)7-11/h5-9H,2-4,10H2,1H3,(H,25,26)(H,27,28). The molecule has 0 radical (unpaired) electrons. The Morgan fingerprint density at radius 1 is 1.07 bits per heavy atom. The Morgan fingerprint density at radius 2 is 1.79 bits per heavy atom. The average molecular weight is 421 g/mol. The van der Waals surface area contributed by atoms with Crippen molar-refractivity contribution in [2.75, 3.05) is 0 Å². The van der Waals surface area contributed by atoms with Crippen LogP contribution in [-0.4, -0.2) is 31.7 Å². The van der Waals surface area contributed by atoms with Gasteiger partial charge in [0.1, 0.15) is 5.82 Å². The largest absolute Gasteiger partial charge is 0.478 e. The fourth-order valence-electron chi connectivity index (χ4n) is 3.15. The summed E-state index contributed by atoms with van der Waals surface area (Å²) in [6, 6.07) is 7.75. The van der Waals surface area contributed by atoms with Crippen LogP contribution in [0.3, 0.4) is 0 Å². The minimum absolute atomic E-state index is 0.0186. The number of carbonyl (C=O) groups is 2. The number of fused-ring (bicyclic) bond motifs is 1. The topological polar surface area (TPSA) is 92.4 Å². The van der Waals surface area contributed by atoms with E-state index in [1.807, 2.05) is 4.57 Å². The predicted molar refractivity (Wildman–Crippen MR) is 108 cm³/mol. The Kier molecular flexibility index (Phi) is 5.91. The van der Waals surface area contributed by atoms with Gasteiger partial charge in [0.15, 0.2) is 0 Å². The lowest BCUT2D eigenvalue weighted by Crippen LogP contribution is -2.09. The van der Waals surface area contributed by atoms with Crippen LogP contribution >= 0.6 is 23.2 Å². The maximum Gasteiger partial charge on any atom is 0.337 e. The minimum atomic E-state index is -1.10. The van der Waals surface area contributed by atoms with Crippen molar-refractivity contribution in [2.24, 2.45) is 0 Å². The van der Waals surface area contributed by atoms with Gasteiger partial charge in [-0.15, -0.1) is 0 Å². The molecule has 0 aliphatic carbocycles. The van der Waals surface area contributed by atoms with Crippen LogP contribution in [0.15, 0.2) is 30.3 Å². The van der Waals surface area contributed by atoms with Gasteiger partial charge in [-0.05, 0) is 36.2 Å². The highest BCUT2D eigenvalue weighted by Gasteiger charge is 2.20. The van der Waals surface area contributed by atoms with Gasteiger partial charge < -0.3 is 14.8 Å². The number of benzene rings is 2. The maximum atomic E-state index is 11.8. The summed E-state index contributed by atoms with van der Waals surface area (Å²) < 4.78 is 1.84. The molecule has 0 fully saturated rings. The molecule has 1 aromatic heterocycles.